The maximum atomic E-state index is 12.3. The number of benzene rings is 1. The molecule has 1 aliphatic rings. The number of fused-ring (bicyclic) bond motifs is 1. The quantitative estimate of drug-likeness (QED) is 0.710. The molecule has 3 heterocycles. The molecule has 0 saturated heterocycles. The number of nitrogens with zero attached hydrogens (tertiary/aromatic N) is 3. The number of thiazole rings is 1. The fourth-order valence-electron chi connectivity index (χ4n) is 2.94. The Morgan fingerprint density at radius 3 is 2.81 bits per heavy atom. The lowest BCUT2D eigenvalue weighted by Gasteiger charge is -2.17. The minimum absolute atomic E-state index is 0.0128. The van der Waals surface area contributed by atoms with Crippen LogP contribution in [0.15, 0.2) is 42.9 Å². The third-order valence-electron chi connectivity index (χ3n) is 4.28. The number of hydrogen-bond acceptors (Lipinski definition) is 6. The molecule has 8 heteroatoms. The first-order chi connectivity index (χ1) is 13.2. The molecule has 0 fully saturated rings. The molecule has 0 spiro atoms. The zero-order valence-electron chi connectivity index (χ0n) is 14.4. The molecule has 0 atom stereocenters. The summed E-state index contributed by atoms with van der Waals surface area (Å²) >= 11 is 1.38. The van der Waals surface area contributed by atoms with Crippen LogP contribution in [0.1, 0.15) is 32.4 Å². The second-order valence-corrected chi connectivity index (χ2v) is 7.25. The Bertz CT molecular complexity index is 987. The number of carbonyl (C=O) groups excluding carboxylic acids is 2. The molecule has 2 amide bonds. The van der Waals surface area contributed by atoms with E-state index in [9.17, 15) is 9.59 Å². The van der Waals surface area contributed by atoms with Crippen LogP contribution in [0.25, 0.3) is 0 Å². The second-order valence-electron chi connectivity index (χ2n) is 6.13. The molecule has 7 nitrogen and oxygen atoms in total. The van der Waals surface area contributed by atoms with Crippen LogP contribution in [-0.4, -0.2) is 26.8 Å². The lowest BCUT2D eigenvalue weighted by molar-refractivity contribution is -0.116. The fraction of sp³-hybridized carbons (Fsp3) is 0.211. The average Bonchev–Trinajstić information content (AvgIpc) is 3.16. The topological polar surface area (TPSA) is 96.9 Å². The summed E-state index contributed by atoms with van der Waals surface area (Å²) < 4.78 is 0. The molecular formula is C19H17N5O2S. The zero-order chi connectivity index (χ0) is 18.6. The third-order valence-corrected chi connectivity index (χ3v) is 5.34. The van der Waals surface area contributed by atoms with Crippen LogP contribution >= 0.6 is 11.3 Å². The molecule has 2 N–H and O–H groups in total. The van der Waals surface area contributed by atoms with Crippen molar-refractivity contribution in [1.29, 1.82) is 0 Å². The van der Waals surface area contributed by atoms with Crippen LogP contribution in [0.5, 0.6) is 0 Å². The Balaban J connectivity index is 1.41. The van der Waals surface area contributed by atoms with Crippen LogP contribution in [0.3, 0.4) is 0 Å². The Morgan fingerprint density at radius 2 is 1.96 bits per heavy atom. The smallest absolute Gasteiger partial charge is 0.267 e. The number of amides is 2. The van der Waals surface area contributed by atoms with E-state index in [0.717, 1.165) is 22.0 Å². The van der Waals surface area contributed by atoms with E-state index >= 15 is 0 Å². The fourth-order valence-corrected chi connectivity index (χ4v) is 3.75. The Labute approximate surface area is 159 Å². The first kappa shape index (κ1) is 17.3. The third kappa shape index (κ3) is 4.01. The zero-order valence-corrected chi connectivity index (χ0v) is 15.3. The number of hydrogen-bond donors (Lipinski definition) is 2. The number of anilines is 2. The lowest BCUT2D eigenvalue weighted by atomic mass is 10.0. The van der Waals surface area contributed by atoms with E-state index in [1.807, 2.05) is 30.3 Å². The highest BCUT2D eigenvalue weighted by Crippen LogP contribution is 2.24. The van der Waals surface area contributed by atoms with Crippen LogP contribution in [0, 0.1) is 0 Å². The molecule has 1 aromatic carbocycles. The Hall–Kier alpha value is -3.13. The number of para-hydroxylation sites is 1. The van der Waals surface area contributed by atoms with Gasteiger partial charge in [-0.1, -0.05) is 18.2 Å². The number of nitrogens with one attached hydrogen (secondary N) is 2. The van der Waals surface area contributed by atoms with Crippen molar-refractivity contribution in [3.63, 3.8) is 0 Å². The summed E-state index contributed by atoms with van der Waals surface area (Å²) in [4.78, 5) is 37.3. The van der Waals surface area contributed by atoms with Gasteiger partial charge < -0.3 is 10.6 Å². The molecule has 0 bridgehead atoms. The van der Waals surface area contributed by atoms with Crippen molar-refractivity contribution in [2.45, 2.75) is 25.7 Å². The first-order valence-corrected chi connectivity index (χ1v) is 9.44. The predicted molar refractivity (Wildman–Crippen MR) is 103 cm³/mol. The van der Waals surface area contributed by atoms with Gasteiger partial charge in [-0.15, -0.1) is 11.3 Å². The van der Waals surface area contributed by atoms with Gasteiger partial charge in [-0.2, -0.15) is 0 Å². The van der Waals surface area contributed by atoms with Crippen LogP contribution in [-0.2, 0) is 24.1 Å². The van der Waals surface area contributed by atoms with E-state index in [1.165, 1.54) is 17.7 Å². The van der Waals surface area contributed by atoms with Gasteiger partial charge in [0.15, 0.2) is 0 Å². The van der Waals surface area contributed by atoms with Gasteiger partial charge in [-0.25, -0.2) is 15.0 Å². The van der Waals surface area contributed by atoms with Crippen molar-refractivity contribution in [3.8, 4) is 0 Å². The van der Waals surface area contributed by atoms with E-state index in [0.29, 0.717) is 36.4 Å². The number of rotatable bonds is 5. The average molecular weight is 379 g/mol. The summed E-state index contributed by atoms with van der Waals surface area (Å²) in [5, 5.41) is 6.52. The molecule has 3 aromatic rings. The van der Waals surface area contributed by atoms with Crippen molar-refractivity contribution in [1.82, 2.24) is 15.0 Å². The summed E-state index contributed by atoms with van der Waals surface area (Å²) in [7, 11) is 0. The summed E-state index contributed by atoms with van der Waals surface area (Å²) in [5.41, 5.74) is 2.67. The summed E-state index contributed by atoms with van der Waals surface area (Å²) in [6.45, 7) is 0. The number of aromatic nitrogens is 3. The van der Waals surface area contributed by atoms with E-state index in [4.69, 9.17) is 0 Å². The van der Waals surface area contributed by atoms with Gasteiger partial charge in [-0.3, -0.25) is 9.59 Å². The molecule has 2 aromatic heterocycles. The van der Waals surface area contributed by atoms with Gasteiger partial charge in [0.2, 0.25) is 5.91 Å². The van der Waals surface area contributed by atoms with Gasteiger partial charge >= 0.3 is 0 Å². The van der Waals surface area contributed by atoms with Gasteiger partial charge in [0, 0.05) is 29.8 Å². The van der Waals surface area contributed by atoms with E-state index in [2.05, 4.69) is 25.6 Å². The van der Waals surface area contributed by atoms with Crippen LogP contribution < -0.4 is 10.6 Å². The predicted octanol–water partition coefficient (Wildman–Crippen LogP) is 2.86. The monoisotopic (exact) mass is 379 g/mol. The van der Waals surface area contributed by atoms with Crippen molar-refractivity contribution in [2.24, 2.45) is 0 Å². The van der Waals surface area contributed by atoms with Crippen molar-refractivity contribution in [3.05, 3.63) is 64.0 Å². The maximum absolute atomic E-state index is 12.3. The number of carbonyl (C=O) groups is 2. The summed E-state index contributed by atoms with van der Waals surface area (Å²) in [6.07, 6.45) is 5.55. The molecule has 0 radical (unpaired) electrons. The second kappa shape index (κ2) is 7.63. The normalized spacial score (nSPS) is 13.0. The largest absolute Gasteiger partial charge is 0.321 e. The minimum Gasteiger partial charge on any atom is -0.321 e. The molecule has 0 unspecified atom stereocenters. The summed E-state index contributed by atoms with van der Waals surface area (Å²) in [5.74, 6) is 0.437. The minimum atomic E-state index is -0.160. The molecule has 0 aliphatic carbocycles. The van der Waals surface area contributed by atoms with Crippen LogP contribution in [0.2, 0.25) is 0 Å². The highest BCUT2D eigenvalue weighted by Gasteiger charge is 2.20. The molecule has 4 rings (SSSR count). The van der Waals surface area contributed by atoms with Gasteiger partial charge in [0.25, 0.3) is 5.91 Å². The molecule has 0 saturated carbocycles. The van der Waals surface area contributed by atoms with Gasteiger partial charge in [-0.05, 0) is 25.0 Å². The Kier molecular flexibility index (Phi) is 4.88. The SMILES string of the molecule is O=C1CCc2c(CCc3ncc(C(=O)Nc4ccccc4)s3)ncnc2N1. The summed E-state index contributed by atoms with van der Waals surface area (Å²) in [6, 6.07) is 9.34. The molecule has 1 aliphatic heterocycles. The van der Waals surface area contributed by atoms with Gasteiger partial charge in [0.05, 0.1) is 11.2 Å². The van der Waals surface area contributed by atoms with Crippen molar-refractivity contribution < 1.29 is 9.59 Å². The van der Waals surface area contributed by atoms with Gasteiger partial charge in [0.1, 0.15) is 17.0 Å². The van der Waals surface area contributed by atoms with E-state index in [-0.39, 0.29) is 11.8 Å². The number of aryl methyl sites for hydroxylation is 2. The molecular weight excluding hydrogens is 362 g/mol. The highest BCUT2D eigenvalue weighted by atomic mass is 32.1. The van der Waals surface area contributed by atoms with Crippen LogP contribution in [0.4, 0.5) is 11.5 Å². The highest BCUT2D eigenvalue weighted by molar-refractivity contribution is 7.13. The van der Waals surface area contributed by atoms with Crippen molar-refractivity contribution in [2.75, 3.05) is 10.6 Å². The first-order valence-electron chi connectivity index (χ1n) is 8.63. The maximum Gasteiger partial charge on any atom is 0.267 e. The van der Waals surface area contributed by atoms with E-state index < -0.39 is 0 Å². The lowest BCUT2D eigenvalue weighted by Crippen LogP contribution is -2.22. The standard InChI is InChI=1S/C19H17N5O2S/c25-16-8-6-13-14(21-11-22-18(13)24-16)7-9-17-20-10-15(27-17)19(26)23-12-4-2-1-3-5-12/h1-5,10-11H,6-9H2,(H,23,26)(H,21,22,24,25). The molecule has 136 valence electrons. The molecule has 27 heavy (non-hydrogen) atoms. The van der Waals surface area contributed by atoms with E-state index in [1.54, 1.807) is 6.20 Å². The van der Waals surface area contributed by atoms with Crippen molar-refractivity contribution >= 4 is 34.7 Å². The Morgan fingerprint density at radius 1 is 1.11 bits per heavy atom.